The number of likely N-dealkylation sites (tertiary alicyclic amines) is 1. The van der Waals surface area contributed by atoms with Crippen LogP contribution < -0.4 is 15.2 Å². The number of ether oxygens (including phenoxy) is 2. The number of rotatable bonds is 6. The van der Waals surface area contributed by atoms with E-state index in [4.69, 9.17) is 15.2 Å². The van der Waals surface area contributed by atoms with Crippen molar-refractivity contribution < 1.29 is 9.47 Å². The van der Waals surface area contributed by atoms with Crippen LogP contribution in [0.4, 0.5) is 0 Å². The number of hydrogen-bond acceptors (Lipinski definition) is 4. The van der Waals surface area contributed by atoms with Crippen LogP contribution in [-0.2, 0) is 0 Å². The van der Waals surface area contributed by atoms with Crippen LogP contribution in [-0.4, -0.2) is 38.3 Å². The Bertz CT molecular complexity index is 415. The highest BCUT2D eigenvalue weighted by Crippen LogP contribution is 2.28. The number of nitrogens with two attached hydrogens (primary N) is 1. The Balaban J connectivity index is 1.92. The fraction of sp³-hybridized carbons (Fsp3) is 0.625. The van der Waals surface area contributed by atoms with Gasteiger partial charge in [0.1, 0.15) is 18.1 Å². The first-order valence-corrected chi connectivity index (χ1v) is 7.49. The van der Waals surface area contributed by atoms with E-state index in [1.54, 1.807) is 7.11 Å². The summed E-state index contributed by atoms with van der Waals surface area (Å²) in [7, 11) is 1.67. The fourth-order valence-electron chi connectivity index (χ4n) is 2.61. The first-order chi connectivity index (χ1) is 9.70. The zero-order valence-electron chi connectivity index (χ0n) is 12.6. The molecule has 112 valence electrons. The second-order valence-electron chi connectivity index (χ2n) is 5.44. The summed E-state index contributed by atoms with van der Waals surface area (Å²) in [5.74, 6) is 1.65. The Kier molecular flexibility index (Phi) is 5.68. The first-order valence-electron chi connectivity index (χ1n) is 7.49. The Morgan fingerprint density at radius 3 is 2.65 bits per heavy atom. The van der Waals surface area contributed by atoms with Gasteiger partial charge in [-0.1, -0.05) is 12.5 Å². The standard InChI is InChI=1S/C16H26N2O2/c1-13(17)15-7-6-14(19-2)12-16(15)20-11-10-18-8-4-3-5-9-18/h6-7,12-13H,3-5,8-11,17H2,1-2H3/t13-/m0/s1. The van der Waals surface area contributed by atoms with Gasteiger partial charge in [-0.2, -0.15) is 0 Å². The van der Waals surface area contributed by atoms with E-state index in [9.17, 15) is 0 Å². The molecule has 0 unspecified atom stereocenters. The Hall–Kier alpha value is -1.26. The summed E-state index contributed by atoms with van der Waals surface area (Å²) in [4.78, 5) is 2.47. The highest BCUT2D eigenvalue weighted by Gasteiger charge is 2.12. The lowest BCUT2D eigenvalue weighted by molar-refractivity contribution is 0.182. The molecule has 0 radical (unpaired) electrons. The molecule has 1 aromatic carbocycles. The third-order valence-electron chi connectivity index (χ3n) is 3.83. The van der Waals surface area contributed by atoms with Gasteiger partial charge in [0.15, 0.2) is 0 Å². The molecule has 0 spiro atoms. The van der Waals surface area contributed by atoms with E-state index < -0.39 is 0 Å². The molecule has 1 aromatic rings. The lowest BCUT2D eigenvalue weighted by Gasteiger charge is -2.26. The molecule has 2 N–H and O–H groups in total. The van der Waals surface area contributed by atoms with Gasteiger partial charge in [-0.25, -0.2) is 0 Å². The van der Waals surface area contributed by atoms with E-state index in [2.05, 4.69) is 4.90 Å². The molecule has 1 heterocycles. The number of hydrogen-bond donors (Lipinski definition) is 1. The molecule has 1 saturated heterocycles. The normalized spacial score (nSPS) is 17.8. The maximum Gasteiger partial charge on any atom is 0.127 e. The van der Waals surface area contributed by atoms with Crippen molar-refractivity contribution in [2.45, 2.75) is 32.2 Å². The quantitative estimate of drug-likeness (QED) is 0.869. The summed E-state index contributed by atoms with van der Waals surface area (Å²) in [6.45, 7) is 6.05. The number of methoxy groups -OCH3 is 1. The van der Waals surface area contributed by atoms with E-state index >= 15 is 0 Å². The third kappa shape index (κ3) is 4.12. The first kappa shape index (κ1) is 15.1. The Labute approximate surface area is 121 Å². The van der Waals surface area contributed by atoms with Crippen molar-refractivity contribution >= 4 is 0 Å². The summed E-state index contributed by atoms with van der Waals surface area (Å²) in [6, 6.07) is 5.80. The monoisotopic (exact) mass is 278 g/mol. The average molecular weight is 278 g/mol. The molecule has 2 rings (SSSR count). The molecule has 0 saturated carbocycles. The van der Waals surface area contributed by atoms with Crippen LogP contribution in [0.5, 0.6) is 11.5 Å². The van der Waals surface area contributed by atoms with Crippen molar-refractivity contribution in [1.29, 1.82) is 0 Å². The molecule has 1 atom stereocenters. The van der Waals surface area contributed by atoms with Crippen molar-refractivity contribution in [1.82, 2.24) is 4.90 Å². The minimum absolute atomic E-state index is 0.0362. The number of benzene rings is 1. The van der Waals surface area contributed by atoms with Crippen molar-refractivity contribution in [2.24, 2.45) is 5.73 Å². The van der Waals surface area contributed by atoms with Gasteiger partial charge in [0.25, 0.3) is 0 Å². The largest absolute Gasteiger partial charge is 0.497 e. The number of piperidine rings is 1. The van der Waals surface area contributed by atoms with Crippen molar-refractivity contribution in [3.05, 3.63) is 23.8 Å². The van der Waals surface area contributed by atoms with Gasteiger partial charge in [0.05, 0.1) is 7.11 Å². The summed E-state index contributed by atoms with van der Waals surface area (Å²) >= 11 is 0. The summed E-state index contributed by atoms with van der Waals surface area (Å²) < 4.78 is 11.2. The van der Waals surface area contributed by atoms with Crippen LogP contribution in [0.25, 0.3) is 0 Å². The summed E-state index contributed by atoms with van der Waals surface area (Å²) in [5.41, 5.74) is 7.02. The second kappa shape index (κ2) is 7.50. The Morgan fingerprint density at radius 2 is 2.00 bits per heavy atom. The second-order valence-corrected chi connectivity index (χ2v) is 5.44. The van der Waals surface area contributed by atoms with Crippen molar-refractivity contribution in [3.63, 3.8) is 0 Å². The van der Waals surface area contributed by atoms with Gasteiger partial charge < -0.3 is 15.2 Å². The fourth-order valence-corrected chi connectivity index (χ4v) is 2.61. The van der Waals surface area contributed by atoms with Gasteiger partial charge in [-0.3, -0.25) is 4.90 Å². The van der Waals surface area contributed by atoms with E-state index in [-0.39, 0.29) is 6.04 Å². The lowest BCUT2D eigenvalue weighted by Crippen LogP contribution is -2.33. The van der Waals surface area contributed by atoms with Crippen LogP contribution in [0.2, 0.25) is 0 Å². The minimum Gasteiger partial charge on any atom is -0.497 e. The molecule has 4 nitrogen and oxygen atoms in total. The smallest absolute Gasteiger partial charge is 0.127 e. The summed E-state index contributed by atoms with van der Waals surface area (Å²) in [6.07, 6.45) is 3.98. The van der Waals surface area contributed by atoms with Gasteiger partial charge in [-0.15, -0.1) is 0 Å². The highest BCUT2D eigenvalue weighted by atomic mass is 16.5. The molecule has 1 aliphatic heterocycles. The van der Waals surface area contributed by atoms with E-state index in [1.807, 2.05) is 25.1 Å². The predicted molar refractivity (Wildman–Crippen MR) is 81.4 cm³/mol. The molecular formula is C16H26N2O2. The molecule has 0 aromatic heterocycles. The topological polar surface area (TPSA) is 47.7 Å². The molecule has 4 heteroatoms. The van der Waals surface area contributed by atoms with Crippen LogP contribution in [0, 0.1) is 0 Å². The van der Waals surface area contributed by atoms with Gasteiger partial charge in [-0.05, 0) is 38.9 Å². The summed E-state index contributed by atoms with van der Waals surface area (Å²) in [5, 5.41) is 0. The predicted octanol–water partition coefficient (Wildman–Crippen LogP) is 2.58. The van der Waals surface area contributed by atoms with Crippen LogP contribution >= 0.6 is 0 Å². The average Bonchev–Trinajstić information content (AvgIpc) is 2.48. The van der Waals surface area contributed by atoms with E-state index in [1.165, 1.54) is 32.4 Å². The maximum atomic E-state index is 5.99. The Morgan fingerprint density at radius 1 is 1.25 bits per heavy atom. The third-order valence-corrected chi connectivity index (χ3v) is 3.83. The van der Waals surface area contributed by atoms with Crippen LogP contribution in [0.1, 0.15) is 37.8 Å². The zero-order chi connectivity index (χ0) is 14.4. The molecule has 0 aliphatic carbocycles. The van der Waals surface area contributed by atoms with Gasteiger partial charge in [0, 0.05) is 24.2 Å². The van der Waals surface area contributed by atoms with E-state index in [0.717, 1.165) is 23.6 Å². The van der Waals surface area contributed by atoms with E-state index in [0.29, 0.717) is 6.61 Å². The van der Waals surface area contributed by atoms with Gasteiger partial charge >= 0.3 is 0 Å². The van der Waals surface area contributed by atoms with Crippen LogP contribution in [0.3, 0.4) is 0 Å². The number of nitrogens with zero attached hydrogens (tertiary/aromatic N) is 1. The molecular weight excluding hydrogens is 252 g/mol. The minimum atomic E-state index is -0.0362. The van der Waals surface area contributed by atoms with Crippen LogP contribution in [0.15, 0.2) is 18.2 Å². The highest BCUT2D eigenvalue weighted by molar-refractivity contribution is 5.42. The van der Waals surface area contributed by atoms with Crippen molar-refractivity contribution in [3.8, 4) is 11.5 Å². The molecule has 1 fully saturated rings. The molecule has 0 bridgehead atoms. The molecule has 20 heavy (non-hydrogen) atoms. The van der Waals surface area contributed by atoms with Crippen molar-refractivity contribution in [2.75, 3.05) is 33.4 Å². The molecule has 1 aliphatic rings. The SMILES string of the molecule is COc1ccc([C@H](C)N)c(OCCN2CCCCC2)c1. The van der Waals surface area contributed by atoms with Gasteiger partial charge in [0.2, 0.25) is 0 Å². The lowest BCUT2D eigenvalue weighted by atomic mass is 10.1. The maximum absolute atomic E-state index is 5.99. The zero-order valence-corrected chi connectivity index (χ0v) is 12.6. The molecule has 0 amide bonds.